The third kappa shape index (κ3) is 3.27. The van der Waals surface area contributed by atoms with Gasteiger partial charge < -0.3 is 10.2 Å². The number of rotatable bonds is 3. The van der Waals surface area contributed by atoms with E-state index in [1.54, 1.807) is 12.1 Å². The van der Waals surface area contributed by atoms with Crippen molar-refractivity contribution in [2.24, 2.45) is 5.10 Å². The average Bonchev–Trinajstić information content (AvgIpc) is 2.39. The first-order chi connectivity index (χ1) is 9.47. The molecule has 2 amide bonds. The summed E-state index contributed by atoms with van der Waals surface area (Å²) in [7, 11) is 3.74. The quantitative estimate of drug-likeness (QED) is 0.889. The number of hydrogen-bond acceptors (Lipinski definition) is 4. The fourth-order valence-corrected chi connectivity index (χ4v) is 2.00. The minimum absolute atomic E-state index is 0.182. The van der Waals surface area contributed by atoms with Gasteiger partial charge in [0.1, 0.15) is 5.71 Å². The summed E-state index contributed by atoms with van der Waals surface area (Å²) >= 11 is 5.95. The van der Waals surface area contributed by atoms with E-state index in [-0.39, 0.29) is 18.2 Å². The lowest BCUT2D eigenvalue weighted by Crippen LogP contribution is -2.33. The summed E-state index contributed by atoms with van der Waals surface area (Å²) in [5.74, 6) is -0.520. The molecule has 20 heavy (non-hydrogen) atoms. The first-order valence-corrected chi connectivity index (χ1v) is 6.49. The van der Waals surface area contributed by atoms with Gasteiger partial charge in [0.2, 0.25) is 5.91 Å². The fraction of sp³-hybridized carbons (Fsp3) is 0.308. The Hall–Kier alpha value is -2.08. The average molecular weight is 295 g/mol. The zero-order chi connectivity index (χ0) is 14.7. The molecule has 1 aromatic carbocycles. The minimum Gasteiger partial charge on any atom is -0.376 e. The van der Waals surface area contributed by atoms with Crippen molar-refractivity contribution in [3.63, 3.8) is 0 Å². The molecule has 7 heteroatoms. The molecule has 0 atom stereocenters. The molecule has 106 valence electrons. The maximum absolute atomic E-state index is 12.1. The molecule has 6 nitrogen and oxygen atoms in total. The van der Waals surface area contributed by atoms with Gasteiger partial charge in [0, 0.05) is 32.0 Å². The zero-order valence-corrected chi connectivity index (χ0v) is 12.0. The van der Waals surface area contributed by atoms with Crippen LogP contribution in [0.1, 0.15) is 12.8 Å². The maximum atomic E-state index is 12.1. The van der Waals surface area contributed by atoms with Crippen molar-refractivity contribution >= 4 is 40.5 Å². The molecule has 1 aliphatic rings. The lowest BCUT2D eigenvalue weighted by Gasteiger charge is -2.19. The topological polar surface area (TPSA) is 73.8 Å². The summed E-state index contributed by atoms with van der Waals surface area (Å²) in [5, 5.41) is 7.06. The van der Waals surface area contributed by atoms with Crippen LogP contribution in [0.5, 0.6) is 0 Å². The van der Waals surface area contributed by atoms with Crippen molar-refractivity contribution in [3.8, 4) is 0 Å². The van der Waals surface area contributed by atoms with Gasteiger partial charge in [-0.1, -0.05) is 11.6 Å². The van der Waals surface area contributed by atoms with E-state index in [4.69, 9.17) is 11.6 Å². The Morgan fingerprint density at radius 1 is 1.40 bits per heavy atom. The molecule has 0 unspecified atom stereocenters. The second kappa shape index (κ2) is 5.92. The minimum atomic E-state index is -0.338. The highest BCUT2D eigenvalue weighted by Gasteiger charge is 2.19. The first kappa shape index (κ1) is 14.3. The molecule has 0 aliphatic carbocycles. The van der Waals surface area contributed by atoms with Crippen molar-refractivity contribution < 1.29 is 9.59 Å². The number of anilines is 2. The number of amides is 2. The van der Waals surface area contributed by atoms with Crippen molar-refractivity contribution in [2.75, 3.05) is 24.3 Å². The van der Waals surface area contributed by atoms with Crippen LogP contribution in [0.3, 0.4) is 0 Å². The Bertz CT molecular complexity index is 584. The molecule has 2 N–H and O–H groups in total. The monoisotopic (exact) mass is 294 g/mol. The van der Waals surface area contributed by atoms with Crippen molar-refractivity contribution in [2.45, 2.75) is 12.8 Å². The summed E-state index contributed by atoms with van der Waals surface area (Å²) in [6.45, 7) is 0. The molecule has 1 aromatic rings. The van der Waals surface area contributed by atoms with Crippen LogP contribution in [-0.2, 0) is 9.59 Å². The van der Waals surface area contributed by atoms with Gasteiger partial charge >= 0.3 is 0 Å². The highest BCUT2D eigenvalue weighted by Crippen LogP contribution is 2.27. The molecule has 0 fully saturated rings. The lowest BCUT2D eigenvalue weighted by molar-refractivity contribution is -0.121. The largest absolute Gasteiger partial charge is 0.376 e. The summed E-state index contributed by atoms with van der Waals surface area (Å²) in [6.07, 6.45) is 0.595. The van der Waals surface area contributed by atoms with Gasteiger partial charge in [-0.2, -0.15) is 5.10 Å². The van der Waals surface area contributed by atoms with Gasteiger partial charge in [0.25, 0.3) is 5.91 Å². The van der Waals surface area contributed by atoms with Crippen LogP contribution in [0, 0.1) is 0 Å². The van der Waals surface area contributed by atoms with Crippen molar-refractivity contribution in [3.05, 3.63) is 23.2 Å². The van der Waals surface area contributed by atoms with E-state index in [1.807, 2.05) is 25.1 Å². The van der Waals surface area contributed by atoms with E-state index < -0.39 is 0 Å². The standard InChI is InChI=1S/C13H15ClN4O2/c1-18(2)11-5-3-8(14)7-10(11)15-13(20)9-4-6-12(19)17-16-9/h3,5,7H,4,6H2,1-2H3,(H,15,20)(H,17,19). The Kier molecular flexibility index (Phi) is 4.24. The Balaban J connectivity index is 2.19. The number of hydrogen-bond donors (Lipinski definition) is 2. The highest BCUT2D eigenvalue weighted by molar-refractivity contribution is 6.44. The third-order valence-corrected chi connectivity index (χ3v) is 3.09. The number of nitrogens with one attached hydrogen (secondary N) is 2. The molecule has 1 heterocycles. The molecule has 0 aromatic heterocycles. The Labute approximate surface area is 121 Å². The smallest absolute Gasteiger partial charge is 0.271 e. The lowest BCUT2D eigenvalue weighted by atomic mass is 10.1. The number of halogens is 1. The first-order valence-electron chi connectivity index (χ1n) is 6.11. The second-order valence-corrected chi connectivity index (χ2v) is 5.04. The van der Waals surface area contributed by atoms with E-state index in [9.17, 15) is 9.59 Å². The molecule has 2 rings (SSSR count). The molecule has 1 aliphatic heterocycles. The highest BCUT2D eigenvalue weighted by atomic mass is 35.5. The van der Waals surface area contributed by atoms with E-state index in [0.29, 0.717) is 22.8 Å². The molecule has 0 bridgehead atoms. The van der Waals surface area contributed by atoms with Crippen LogP contribution < -0.4 is 15.6 Å². The van der Waals surface area contributed by atoms with Crippen LogP contribution in [0.2, 0.25) is 5.02 Å². The normalized spacial score (nSPS) is 14.3. The van der Waals surface area contributed by atoms with Crippen molar-refractivity contribution in [1.29, 1.82) is 0 Å². The van der Waals surface area contributed by atoms with Crippen LogP contribution in [-0.4, -0.2) is 31.6 Å². The summed E-state index contributed by atoms with van der Waals surface area (Å²) in [6, 6.07) is 5.25. The molecule has 0 saturated heterocycles. The third-order valence-electron chi connectivity index (χ3n) is 2.86. The Morgan fingerprint density at radius 2 is 2.15 bits per heavy atom. The summed E-state index contributed by atoms with van der Waals surface area (Å²) in [5.41, 5.74) is 4.04. The zero-order valence-electron chi connectivity index (χ0n) is 11.2. The van der Waals surface area contributed by atoms with E-state index in [2.05, 4.69) is 15.8 Å². The number of nitrogens with zero attached hydrogens (tertiary/aromatic N) is 2. The van der Waals surface area contributed by atoms with E-state index >= 15 is 0 Å². The van der Waals surface area contributed by atoms with Gasteiger partial charge in [0.05, 0.1) is 11.4 Å². The van der Waals surface area contributed by atoms with Gasteiger partial charge in [-0.15, -0.1) is 0 Å². The second-order valence-electron chi connectivity index (χ2n) is 4.60. The van der Waals surface area contributed by atoms with Crippen LogP contribution in [0.15, 0.2) is 23.3 Å². The predicted octanol–water partition coefficient (Wildman–Crippen LogP) is 1.61. The van der Waals surface area contributed by atoms with Crippen LogP contribution in [0.4, 0.5) is 11.4 Å². The van der Waals surface area contributed by atoms with Gasteiger partial charge in [0.15, 0.2) is 0 Å². The number of hydrazone groups is 1. The van der Waals surface area contributed by atoms with E-state index in [0.717, 1.165) is 5.69 Å². The molecule has 0 spiro atoms. The number of carbonyl (C=O) groups excluding carboxylic acids is 2. The number of carbonyl (C=O) groups is 2. The molecule has 0 saturated carbocycles. The van der Waals surface area contributed by atoms with Gasteiger partial charge in [-0.25, -0.2) is 5.43 Å². The predicted molar refractivity (Wildman–Crippen MR) is 79.2 cm³/mol. The number of benzene rings is 1. The SMILES string of the molecule is CN(C)c1ccc(Cl)cc1NC(=O)C1=NNC(=O)CC1. The molecular formula is C13H15ClN4O2. The summed E-state index contributed by atoms with van der Waals surface area (Å²) in [4.78, 5) is 25.0. The van der Waals surface area contributed by atoms with Crippen LogP contribution >= 0.6 is 11.6 Å². The van der Waals surface area contributed by atoms with Gasteiger partial charge in [-0.3, -0.25) is 9.59 Å². The van der Waals surface area contributed by atoms with Crippen LogP contribution in [0.25, 0.3) is 0 Å². The summed E-state index contributed by atoms with van der Waals surface area (Å²) < 4.78 is 0. The maximum Gasteiger partial charge on any atom is 0.271 e. The Morgan fingerprint density at radius 3 is 2.75 bits per heavy atom. The van der Waals surface area contributed by atoms with Gasteiger partial charge in [-0.05, 0) is 18.2 Å². The van der Waals surface area contributed by atoms with E-state index in [1.165, 1.54) is 0 Å². The molecule has 0 radical (unpaired) electrons. The molecular weight excluding hydrogens is 280 g/mol. The van der Waals surface area contributed by atoms with Crippen molar-refractivity contribution in [1.82, 2.24) is 5.43 Å². The fourth-order valence-electron chi connectivity index (χ4n) is 1.83.